The zero-order valence-corrected chi connectivity index (χ0v) is 8.96. The Morgan fingerprint density at radius 1 is 1.50 bits per heavy atom. The molecular formula is C11H14N2S. The lowest BCUT2D eigenvalue weighted by atomic mass is 9.98. The summed E-state index contributed by atoms with van der Waals surface area (Å²) >= 11 is 1.75. The summed E-state index contributed by atoms with van der Waals surface area (Å²) in [6, 6.07) is 4.54. The number of thiophene rings is 1. The quantitative estimate of drug-likeness (QED) is 0.743. The van der Waals surface area contributed by atoms with Crippen LogP contribution in [0.25, 0.3) is 0 Å². The van der Waals surface area contributed by atoms with Crippen LogP contribution in [0.1, 0.15) is 18.4 Å². The van der Waals surface area contributed by atoms with Crippen molar-refractivity contribution in [3.63, 3.8) is 0 Å². The largest absolute Gasteiger partial charge is 0.299 e. The molecule has 0 atom stereocenters. The summed E-state index contributed by atoms with van der Waals surface area (Å²) in [6.45, 7) is 3.21. The van der Waals surface area contributed by atoms with Crippen molar-refractivity contribution < 1.29 is 0 Å². The molecule has 0 radical (unpaired) electrons. The molecule has 1 aromatic heterocycles. The topological polar surface area (TPSA) is 27.0 Å². The van der Waals surface area contributed by atoms with Gasteiger partial charge in [0.25, 0.3) is 0 Å². The molecule has 1 aromatic rings. The van der Waals surface area contributed by atoms with E-state index in [1.165, 1.54) is 5.56 Å². The van der Waals surface area contributed by atoms with Crippen LogP contribution in [0.4, 0.5) is 0 Å². The summed E-state index contributed by atoms with van der Waals surface area (Å²) < 4.78 is 0. The van der Waals surface area contributed by atoms with Gasteiger partial charge in [-0.05, 0) is 48.3 Å². The molecule has 1 fully saturated rings. The van der Waals surface area contributed by atoms with Crippen LogP contribution in [-0.2, 0) is 6.54 Å². The molecule has 0 saturated carbocycles. The third kappa shape index (κ3) is 2.34. The summed E-state index contributed by atoms with van der Waals surface area (Å²) in [5.41, 5.74) is 1.41. The Labute approximate surface area is 88.8 Å². The minimum absolute atomic E-state index is 0.300. The van der Waals surface area contributed by atoms with Crippen molar-refractivity contribution in [1.29, 1.82) is 5.26 Å². The zero-order valence-electron chi connectivity index (χ0n) is 8.15. The molecule has 0 aliphatic carbocycles. The van der Waals surface area contributed by atoms with Crippen LogP contribution in [-0.4, -0.2) is 18.0 Å². The lowest BCUT2D eigenvalue weighted by Gasteiger charge is -2.28. The smallest absolute Gasteiger partial charge is 0.0656 e. The van der Waals surface area contributed by atoms with Gasteiger partial charge in [0.05, 0.1) is 6.07 Å². The molecule has 0 spiro atoms. The predicted molar refractivity (Wildman–Crippen MR) is 57.9 cm³/mol. The molecule has 1 aliphatic rings. The average Bonchev–Trinajstić information content (AvgIpc) is 2.72. The van der Waals surface area contributed by atoms with E-state index in [4.69, 9.17) is 5.26 Å². The Morgan fingerprint density at radius 2 is 2.29 bits per heavy atom. The van der Waals surface area contributed by atoms with Gasteiger partial charge < -0.3 is 0 Å². The van der Waals surface area contributed by atoms with Crippen molar-refractivity contribution >= 4 is 11.3 Å². The number of rotatable bonds is 2. The number of nitrogens with zero attached hydrogens (tertiary/aromatic N) is 2. The van der Waals surface area contributed by atoms with Gasteiger partial charge in [0.2, 0.25) is 0 Å². The standard InChI is InChI=1S/C11H14N2S/c12-7-10-1-4-13(5-2-10)8-11-3-6-14-9-11/h3,6,9-10H,1-2,4-5,8H2. The molecular weight excluding hydrogens is 192 g/mol. The van der Waals surface area contributed by atoms with Gasteiger partial charge in [0.15, 0.2) is 0 Å². The first kappa shape index (κ1) is 9.70. The Hall–Kier alpha value is -0.850. The molecule has 74 valence electrons. The van der Waals surface area contributed by atoms with Gasteiger partial charge in [-0.25, -0.2) is 0 Å². The normalized spacial score (nSPS) is 19.4. The highest BCUT2D eigenvalue weighted by Crippen LogP contribution is 2.18. The summed E-state index contributed by atoms with van der Waals surface area (Å²) in [6.07, 6.45) is 2.08. The molecule has 2 heterocycles. The summed E-state index contributed by atoms with van der Waals surface area (Å²) in [4.78, 5) is 2.44. The van der Waals surface area contributed by atoms with E-state index in [0.29, 0.717) is 5.92 Å². The van der Waals surface area contributed by atoms with E-state index in [1.54, 1.807) is 11.3 Å². The highest BCUT2D eigenvalue weighted by molar-refractivity contribution is 7.07. The molecule has 14 heavy (non-hydrogen) atoms. The maximum absolute atomic E-state index is 8.77. The van der Waals surface area contributed by atoms with E-state index in [-0.39, 0.29) is 0 Å². The number of nitriles is 1. The van der Waals surface area contributed by atoms with E-state index in [9.17, 15) is 0 Å². The molecule has 2 nitrogen and oxygen atoms in total. The second-order valence-corrected chi connectivity index (χ2v) is 4.59. The van der Waals surface area contributed by atoms with Crippen LogP contribution in [0.2, 0.25) is 0 Å². The van der Waals surface area contributed by atoms with E-state index in [2.05, 4.69) is 27.8 Å². The van der Waals surface area contributed by atoms with Gasteiger partial charge >= 0.3 is 0 Å². The van der Waals surface area contributed by atoms with E-state index >= 15 is 0 Å². The Bertz CT molecular complexity index is 305. The van der Waals surface area contributed by atoms with Crippen molar-refractivity contribution in [2.24, 2.45) is 5.92 Å². The second-order valence-electron chi connectivity index (χ2n) is 3.81. The molecule has 0 unspecified atom stereocenters. The van der Waals surface area contributed by atoms with Gasteiger partial charge in [-0.3, -0.25) is 4.90 Å². The van der Waals surface area contributed by atoms with Crippen molar-refractivity contribution in [2.75, 3.05) is 13.1 Å². The molecule has 0 bridgehead atoms. The van der Waals surface area contributed by atoms with Gasteiger partial charge in [0, 0.05) is 12.5 Å². The Morgan fingerprint density at radius 3 is 2.86 bits per heavy atom. The van der Waals surface area contributed by atoms with Gasteiger partial charge in [-0.2, -0.15) is 16.6 Å². The summed E-state index contributed by atoms with van der Waals surface area (Å²) in [5.74, 6) is 0.300. The zero-order chi connectivity index (χ0) is 9.80. The lowest BCUT2D eigenvalue weighted by Crippen LogP contribution is -2.32. The van der Waals surface area contributed by atoms with Gasteiger partial charge in [-0.15, -0.1) is 0 Å². The fraction of sp³-hybridized carbons (Fsp3) is 0.545. The lowest BCUT2D eigenvalue weighted by molar-refractivity contribution is 0.198. The number of hydrogen-bond acceptors (Lipinski definition) is 3. The van der Waals surface area contributed by atoms with Crippen LogP contribution in [0.3, 0.4) is 0 Å². The Kier molecular flexibility index (Phi) is 3.18. The minimum Gasteiger partial charge on any atom is -0.299 e. The minimum atomic E-state index is 0.300. The van der Waals surface area contributed by atoms with Gasteiger partial charge in [-0.1, -0.05) is 0 Å². The monoisotopic (exact) mass is 206 g/mol. The third-order valence-corrected chi connectivity index (χ3v) is 3.49. The highest BCUT2D eigenvalue weighted by Gasteiger charge is 2.18. The molecule has 0 N–H and O–H groups in total. The van der Waals surface area contributed by atoms with Crippen molar-refractivity contribution in [2.45, 2.75) is 19.4 Å². The first-order valence-corrected chi connectivity index (χ1v) is 5.96. The third-order valence-electron chi connectivity index (χ3n) is 2.76. The Balaban J connectivity index is 1.82. The average molecular weight is 206 g/mol. The molecule has 0 amide bonds. The number of likely N-dealkylation sites (tertiary alicyclic amines) is 1. The number of hydrogen-bond donors (Lipinski definition) is 0. The van der Waals surface area contributed by atoms with Crippen molar-refractivity contribution in [3.05, 3.63) is 22.4 Å². The first-order valence-electron chi connectivity index (χ1n) is 5.01. The van der Waals surface area contributed by atoms with Crippen LogP contribution in [0, 0.1) is 17.2 Å². The second kappa shape index (κ2) is 4.59. The van der Waals surface area contributed by atoms with Crippen molar-refractivity contribution in [3.8, 4) is 6.07 Å². The van der Waals surface area contributed by atoms with E-state index in [1.807, 2.05) is 0 Å². The van der Waals surface area contributed by atoms with Crippen LogP contribution >= 0.6 is 11.3 Å². The highest BCUT2D eigenvalue weighted by atomic mass is 32.1. The fourth-order valence-corrected chi connectivity index (χ4v) is 2.52. The first-order chi connectivity index (χ1) is 6.88. The van der Waals surface area contributed by atoms with Gasteiger partial charge in [0.1, 0.15) is 0 Å². The SMILES string of the molecule is N#CC1CCN(Cc2ccsc2)CC1. The van der Waals surface area contributed by atoms with Crippen LogP contribution in [0.15, 0.2) is 16.8 Å². The fourth-order valence-electron chi connectivity index (χ4n) is 1.86. The van der Waals surface area contributed by atoms with E-state index in [0.717, 1.165) is 32.5 Å². The molecule has 3 heteroatoms. The predicted octanol–water partition coefficient (Wildman–Crippen LogP) is 2.48. The maximum Gasteiger partial charge on any atom is 0.0656 e. The molecule has 2 rings (SSSR count). The maximum atomic E-state index is 8.77. The van der Waals surface area contributed by atoms with E-state index < -0.39 is 0 Å². The molecule has 0 aromatic carbocycles. The summed E-state index contributed by atoms with van der Waals surface area (Å²) in [7, 11) is 0. The van der Waals surface area contributed by atoms with Crippen molar-refractivity contribution in [1.82, 2.24) is 4.90 Å². The number of piperidine rings is 1. The van der Waals surface area contributed by atoms with Crippen LogP contribution < -0.4 is 0 Å². The van der Waals surface area contributed by atoms with Crippen LogP contribution in [0.5, 0.6) is 0 Å². The molecule has 1 aliphatic heterocycles. The summed E-state index contributed by atoms with van der Waals surface area (Å²) in [5, 5.41) is 13.1. The molecule has 1 saturated heterocycles.